The Morgan fingerprint density at radius 3 is 2.45 bits per heavy atom. The minimum atomic E-state index is -3.87. The minimum absolute atomic E-state index is 0.0174. The third-order valence-electron chi connectivity index (χ3n) is 5.56. The van der Waals surface area contributed by atoms with E-state index in [4.69, 9.17) is 14.2 Å². The number of aliphatic hydroxyl groups is 2. The molecular weight excluding hydrogens is 431 g/mol. The Hall–Kier alpha value is -1.85. The smallest absolute Gasteiger partial charge is 0.335 e. The average molecular weight is 459 g/mol. The van der Waals surface area contributed by atoms with Gasteiger partial charge in [0.2, 0.25) is 0 Å². The standard InChI is InChI=1S/C21H27FO8S/c1-3-28-20(25)16-9-21(29-17(10-23)18(11-24)30-21)7-6-19(16)31(26,27)12-14-4-5-15(22)8-13(14)2/h4-5,8-9,17-19,23-24H,3,6-7,10-12H2,1-2H3/t17-,18-,19?/m0/s1. The molecule has 0 saturated carbocycles. The molecule has 0 radical (unpaired) electrons. The van der Waals surface area contributed by atoms with E-state index in [-0.39, 0.29) is 30.8 Å². The highest BCUT2D eigenvalue weighted by Crippen LogP contribution is 2.41. The van der Waals surface area contributed by atoms with Crippen LogP contribution in [0.5, 0.6) is 0 Å². The molecule has 1 fully saturated rings. The second-order valence-corrected chi connectivity index (χ2v) is 9.90. The normalized spacial score (nSPS) is 25.5. The number of sulfone groups is 1. The van der Waals surface area contributed by atoms with Gasteiger partial charge < -0.3 is 24.4 Å². The molecule has 1 aliphatic carbocycles. The molecule has 1 heterocycles. The van der Waals surface area contributed by atoms with E-state index >= 15 is 0 Å². The minimum Gasteiger partial charge on any atom is -0.463 e. The Labute approximate surface area is 180 Å². The molecule has 1 aromatic carbocycles. The van der Waals surface area contributed by atoms with E-state index in [1.807, 2.05) is 0 Å². The summed E-state index contributed by atoms with van der Waals surface area (Å²) in [7, 11) is -3.87. The lowest BCUT2D eigenvalue weighted by molar-refractivity contribution is -0.154. The number of hydrogen-bond acceptors (Lipinski definition) is 8. The Morgan fingerprint density at radius 1 is 1.26 bits per heavy atom. The van der Waals surface area contributed by atoms with Gasteiger partial charge in [0.25, 0.3) is 0 Å². The van der Waals surface area contributed by atoms with Crippen LogP contribution in [0, 0.1) is 12.7 Å². The summed E-state index contributed by atoms with van der Waals surface area (Å²) in [4.78, 5) is 12.6. The summed E-state index contributed by atoms with van der Waals surface area (Å²) in [5.41, 5.74) is 0.832. The van der Waals surface area contributed by atoms with Gasteiger partial charge in [-0.1, -0.05) is 6.07 Å². The summed E-state index contributed by atoms with van der Waals surface area (Å²) < 4.78 is 56.5. The molecule has 10 heteroatoms. The largest absolute Gasteiger partial charge is 0.463 e. The zero-order chi connectivity index (χ0) is 22.8. The number of aliphatic hydroxyl groups excluding tert-OH is 2. The third kappa shape index (κ3) is 4.98. The first-order valence-electron chi connectivity index (χ1n) is 10.1. The van der Waals surface area contributed by atoms with Crippen LogP contribution in [-0.4, -0.2) is 67.7 Å². The van der Waals surface area contributed by atoms with E-state index in [1.165, 1.54) is 24.3 Å². The fourth-order valence-corrected chi connectivity index (χ4v) is 5.98. The molecule has 1 aliphatic heterocycles. The van der Waals surface area contributed by atoms with E-state index in [0.29, 0.717) is 11.1 Å². The van der Waals surface area contributed by atoms with Gasteiger partial charge in [-0.2, -0.15) is 0 Å². The van der Waals surface area contributed by atoms with Crippen LogP contribution in [0.1, 0.15) is 30.9 Å². The van der Waals surface area contributed by atoms with Crippen molar-refractivity contribution in [1.82, 2.24) is 0 Å². The van der Waals surface area contributed by atoms with Gasteiger partial charge in [-0.3, -0.25) is 0 Å². The summed E-state index contributed by atoms with van der Waals surface area (Å²) in [5.74, 6) is -3.06. The molecule has 0 amide bonds. The highest BCUT2D eigenvalue weighted by atomic mass is 32.2. The van der Waals surface area contributed by atoms with Crippen molar-refractivity contribution in [2.24, 2.45) is 0 Å². The molecule has 3 atom stereocenters. The lowest BCUT2D eigenvalue weighted by Crippen LogP contribution is -2.41. The van der Waals surface area contributed by atoms with Crippen LogP contribution in [0.4, 0.5) is 4.39 Å². The number of ether oxygens (including phenoxy) is 3. The van der Waals surface area contributed by atoms with E-state index in [2.05, 4.69) is 0 Å². The number of aryl methyl sites for hydroxylation is 1. The second kappa shape index (κ2) is 9.33. The third-order valence-corrected chi connectivity index (χ3v) is 7.63. The van der Waals surface area contributed by atoms with Crippen molar-refractivity contribution in [3.63, 3.8) is 0 Å². The van der Waals surface area contributed by atoms with Crippen molar-refractivity contribution in [3.05, 3.63) is 46.8 Å². The maximum Gasteiger partial charge on any atom is 0.335 e. The number of halogens is 1. The SMILES string of the molecule is CCOC(=O)C1=CC2(CCC1S(=O)(=O)Cc1ccc(F)cc1C)O[C@@H](CO)[C@H](CO)O2. The van der Waals surface area contributed by atoms with E-state index < -0.39 is 58.1 Å². The Kier molecular flexibility index (Phi) is 7.17. The van der Waals surface area contributed by atoms with Gasteiger partial charge >= 0.3 is 5.97 Å². The van der Waals surface area contributed by atoms with Gasteiger partial charge in [0.15, 0.2) is 15.6 Å². The van der Waals surface area contributed by atoms with Crippen molar-refractivity contribution in [2.45, 2.75) is 55.7 Å². The fourth-order valence-electron chi connectivity index (χ4n) is 3.99. The monoisotopic (exact) mass is 458 g/mol. The van der Waals surface area contributed by atoms with E-state index in [0.717, 1.165) is 0 Å². The molecule has 8 nitrogen and oxygen atoms in total. The number of carbonyl (C=O) groups is 1. The average Bonchev–Trinajstić information content (AvgIpc) is 3.07. The van der Waals surface area contributed by atoms with Crippen LogP contribution >= 0.6 is 0 Å². The Balaban J connectivity index is 1.95. The highest BCUT2D eigenvalue weighted by Gasteiger charge is 2.51. The molecule has 2 N–H and O–H groups in total. The molecule has 0 bridgehead atoms. The summed E-state index contributed by atoms with van der Waals surface area (Å²) in [5, 5.41) is 17.8. The van der Waals surface area contributed by atoms with Crippen LogP contribution in [0.15, 0.2) is 29.8 Å². The van der Waals surface area contributed by atoms with E-state index in [1.54, 1.807) is 13.8 Å². The quantitative estimate of drug-likeness (QED) is 0.585. The van der Waals surface area contributed by atoms with E-state index in [9.17, 15) is 27.8 Å². The molecule has 2 aliphatic rings. The first kappa shape index (κ1) is 23.8. The van der Waals surface area contributed by atoms with Crippen molar-refractivity contribution in [3.8, 4) is 0 Å². The highest BCUT2D eigenvalue weighted by molar-refractivity contribution is 7.91. The molecule has 1 aromatic rings. The number of esters is 1. The molecule has 3 rings (SSSR count). The predicted octanol–water partition coefficient (Wildman–Crippen LogP) is 1.17. The fraction of sp³-hybridized carbons (Fsp3) is 0.571. The van der Waals surface area contributed by atoms with Crippen molar-refractivity contribution >= 4 is 15.8 Å². The molecule has 31 heavy (non-hydrogen) atoms. The maximum atomic E-state index is 13.4. The number of carbonyl (C=O) groups excluding carboxylic acids is 1. The van der Waals surface area contributed by atoms with Crippen LogP contribution < -0.4 is 0 Å². The summed E-state index contributed by atoms with van der Waals surface area (Å²) in [6.45, 7) is 2.47. The second-order valence-electron chi connectivity index (χ2n) is 7.72. The van der Waals surface area contributed by atoms with Crippen LogP contribution in [0.2, 0.25) is 0 Å². The first-order valence-corrected chi connectivity index (χ1v) is 11.8. The van der Waals surface area contributed by atoms with Gasteiger partial charge in [-0.25, -0.2) is 17.6 Å². The zero-order valence-corrected chi connectivity index (χ0v) is 18.2. The van der Waals surface area contributed by atoms with Gasteiger partial charge in [-0.15, -0.1) is 0 Å². The van der Waals surface area contributed by atoms with Gasteiger partial charge in [0.1, 0.15) is 18.0 Å². The van der Waals surface area contributed by atoms with Crippen LogP contribution in [-0.2, 0) is 34.6 Å². The summed E-state index contributed by atoms with van der Waals surface area (Å²) >= 11 is 0. The maximum absolute atomic E-state index is 13.4. The first-order chi connectivity index (χ1) is 14.6. The molecule has 1 saturated heterocycles. The molecule has 1 spiro atoms. The van der Waals surface area contributed by atoms with Gasteiger partial charge in [0.05, 0.1) is 36.4 Å². The van der Waals surface area contributed by atoms with Crippen LogP contribution in [0.25, 0.3) is 0 Å². The number of hydrogen-bond donors (Lipinski definition) is 2. The molecule has 0 aromatic heterocycles. The Morgan fingerprint density at radius 2 is 1.90 bits per heavy atom. The number of benzene rings is 1. The molecule has 1 unspecified atom stereocenters. The topological polar surface area (TPSA) is 119 Å². The van der Waals surface area contributed by atoms with Crippen LogP contribution in [0.3, 0.4) is 0 Å². The summed E-state index contributed by atoms with van der Waals surface area (Å²) in [6, 6.07) is 3.87. The molecule has 172 valence electrons. The van der Waals surface area contributed by atoms with Gasteiger partial charge in [0, 0.05) is 6.42 Å². The lowest BCUT2D eigenvalue weighted by Gasteiger charge is -2.33. The Bertz CT molecular complexity index is 946. The predicted molar refractivity (Wildman–Crippen MR) is 108 cm³/mol. The summed E-state index contributed by atoms with van der Waals surface area (Å²) in [6.07, 6.45) is -0.190. The zero-order valence-electron chi connectivity index (χ0n) is 17.4. The number of rotatable bonds is 7. The van der Waals surface area contributed by atoms with Crippen molar-refractivity contribution < 1.29 is 42.0 Å². The lowest BCUT2D eigenvalue weighted by atomic mass is 9.94. The van der Waals surface area contributed by atoms with Crippen molar-refractivity contribution in [2.75, 3.05) is 19.8 Å². The molecular formula is C21H27FO8S. The van der Waals surface area contributed by atoms with Gasteiger partial charge in [-0.05, 0) is 49.6 Å². The van der Waals surface area contributed by atoms with Crippen molar-refractivity contribution in [1.29, 1.82) is 0 Å².